The zero-order valence-electron chi connectivity index (χ0n) is 13.8. The van der Waals surface area contributed by atoms with Crippen molar-refractivity contribution in [2.45, 2.75) is 66.2 Å². The second-order valence-electron chi connectivity index (χ2n) is 5.97. The highest BCUT2D eigenvalue weighted by Gasteiger charge is 2.25. The van der Waals surface area contributed by atoms with Crippen LogP contribution in [0, 0.1) is 5.41 Å². The van der Waals surface area contributed by atoms with E-state index in [0.29, 0.717) is 6.61 Å². The Hall–Kier alpha value is -0.770. The molecule has 0 radical (unpaired) electrons. The average molecular weight is 287 g/mol. The molecule has 0 aliphatic carbocycles. The van der Waals surface area contributed by atoms with Gasteiger partial charge in [0.05, 0.1) is 6.61 Å². The van der Waals surface area contributed by atoms with Gasteiger partial charge >= 0.3 is 6.09 Å². The third-order valence-electron chi connectivity index (χ3n) is 3.60. The molecule has 120 valence electrons. The molecular weight excluding hydrogens is 254 g/mol. The van der Waals surface area contributed by atoms with Gasteiger partial charge in [0.2, 0.25) is 0 Å². The van der Waals surface area contributed by atoms with Crippen molar-refractivity contribution in [3.8, 4) is 0 Å². The largest absolute Gasteiger partial charge is 0.449 e. The Morgan fingerprint density at radius 3 is 2.05 bits per heavy atom. The van der Waals surface area contributed by atoms with E-state index in [1.165, 1.54) is 0 Å². The predicted octanol–water partition coefficient (Wildman–Crippen LogP) is 3.82. The normalized spacial score (nSPS) is 13.8. The lowest BCUT2D eigenvalue weighted by Gasteiger charge is -2.28. The fourth-order valence-electron chi connectivity index (χ4n) is 2.12. The van der Waals surface area contributed by atoms with Crippen LogP contribution in [0.4, 0.5) is 4.79 Å². The fourth-order valence-corrected chi connectivity index (χ4v) is 2.12. The summed E-state index contributed by atoms with van der Waals surface area (Å²) in [6.45, 7) is 10.2. The maximum absolute atomic E-state index is 12.1. The van der Waals surface area contributed by atoms with E-state index in [2.05, 4.69) is 20.8 Å². The summed E-state index contributed by atoms with van der Waals surface area (Å²) in [6, 6.07) is 0. The summed E-state index contributed by atoms with van der Waals surface area (Å²) in [4.78, 5) is 13.9. The maximum atomic E-state index is 12.1. The Kier molecular flexibility index (Phi) is 10.5. The lowest BCUT2D eigenvalue weighted by molar-refractivity contribution is 0.0270. The molecule has 1 N–H and O–H groups in total. The molecule has 0 aliphatic rings. The molecule has 1 atom stereocenters. The number of nitrogens with zero attached hydrogens (tertiary/aromatic N) is 1. The lowest BCUT2D eigenvalue weighted by Crippen LogP contribution is -2.37. The van der Waals surface area contributed by atoms with Gasteiger partial charge in [0, 0.05) is 18.5 Å². The van der Waals surface area contributed by atoms with Gasteiger partial charge in [-0.2, -0.15) is 0 Å². The van der Waals surface area contributed by atoms with Gasteiger partial charge in [0.25, 0.3) is 0 Å². The highest BCUT2D eigenvalue weighted by Crippen LogP contribution is 2.23. The zero-order chi connectivity index (χ0) is 15.4. The second kappa shape index (κ2) is 11.0. The lowest BCUT2D eigenvalue weighted by atomic mass is 9.88. The van der Waals surface area contributed by atoms with E-state index in [9.17, 15) is 9.90 Å². The molecule has 4 heteroatoms. The molecule has 0 rings (SSSR count). The van der Waals surface area contributed by atoms with Crippen molar-refractivity contribution in [1.29, 1.82) is 0 Å². The number of carbonyl (C=O) groups is 1. The molecule has 0 saturated carbocycles. The van der Waals surface area contributed by atoms with E-state index < -0.39 is 0 Å². The number of rotatable bonds is 11. The van der Waals surface area contributed by atoms with Crippen molar-refractivity contribution in [1.82, 2.24) is 4.90 Å². The zero-order valence-corrected chi connectivity index (χ0v) is 13.8. The molecule has 0 spiro atoms. The van der Waals surface area contributed by atoms with Crippen LogP contribution in [0.1, 0.15) is 66.2 Å². The number of ether oxygens (including phenoxy) is 1. The minimum atomic E-state index is -0.314. The topological polar surface area (TPSA) is 49.8 Å². The summed E-state index contributed by atoms with van der Waals surface area (Å²) in [6.07, 6.45) is 5.75. The Labute approximate surface area is 124 Å². The molecule has 4 nitrogen and oxygen atoms in total. The first-order valence-corrected chi connectivity index (χ1v) is 8.05. The van der Waals surface area contributed by atoms with Gasteiger partial charge in [-0.3, -0.25) is 0 Å². The van der Waals surface area contributed by atoms with Crippen molar-refractivity contribution in [2.24, 2.45) is 5.41 Å². The van der Waals surface area contributed by atoms with E-state index in [4.69, 9.17) is 4.74 Å². The Bertz CT molecular complexity index is 250. The van der Waals surface area contributed by atoms with E-state index in [-0.39, 0.29) is 18.1 Å². The standard InChI is InChI=1S/C16H33NO3/c1-5-8-11-17(12-9-6-2)15(19)20-14-16(4,13-18)10-7-3/h18H,5-14H2,1-4H3/t16-/m0/s1. The Balaban J connectivity index is 4.35. The Morgan fingerprint density at radius 1 is 1.10 bits per heavy atom. The predicted molar refractivity (Wildman–Crippen MR) is 82.8 cm³/mol. The fraction of sp³-hybridized carbons (Fsp3) is 0.938. The quantitative estimate of drug-likeness (QED) is 0.628. The third kappa shape index (κ3) is 7.73. The molecule has 0 fully saturated rings. The van der Waals surface area contributed by atoms with Crippen LogP contribution in [-0.2, 0) is 4.74 Å². The van der Waals surface area contributed by atoms with Crippen LogP contribution in [0.2, 0.25) is 0 Å². The molecular formula is C16H33NO3. The number of amides is 1. The number of carbonyl (C=O) groups excluding carboxylic acids is 1. The highest BCUT2D eigenvalue weighted by molar-refractivity contribution is 5.67. The molecule has 0 aromatic heterocycles. The van der Waals surface area contributed by atoms with Gasteiger partial charge < -0.3 is 14.7 Å². The van der Waals surface area contributed by atoms with Crippen LogP contribution in [0.3, 0.4) is 0 Å². The van der Waals surface area contributed by atoms with Crippen LogP contribution in [0.25, 0.3) is 0 Å². The average Bonchev–Trinajstić information content (AvgIpc) is 2.45. The molecule has 0 aromatic carbocycles. The van der Waals surface area contributed by atoms with Crippen LogP contribution in [0.5, 0.6) is 0 Å². The third-order valence-corrected chi connectivity index (χ3v) is 3.60. The van der Waals surface area contributed by atoms with Crippen LogP contribution in [-0.4, -0.2) is 42.4 Å². The monoisotopic (exact) mass is 287 g/mol. The molecule has 20 heavy (non-hydrogen) atoms. The minimum absolute atomic E-state index is 0.0536. The van der Waals surface area contributed by atoms with Crippen molar-refractivity contribution in [3.05, 3.63) is 0 Å². The molecule has 1 amide bonds. The number of hydrogen-bond donors (Lipinski definition) is 1. The van der Waals surface area contributed by atoms with E-state index in [1.807, 2.05) is 6.92 Å². The molecule has 0 aliphatic heterocycles. The number of aliphatic hydroxyl groups is 1. The maximum Gasteiger partial charge on any atom is 0.409 e. The number of hydrogen-bond acceptors (Lipinski definition) is 3. The van der Waals surface area contributed by atoms with Crippen LogP contribution in [0.15, 0.2) is 0 Å². The molecule has 0 unspecified atom stereocenters. The molecule has 0 saturated heterocycles. The first kappa shape index (κ1) is 19.2. The second-order valence-corrected chi connectivity index (χ2v) is 5.97. The SMILES string of the molecule is CCCCN(CCCC)C(=O)OC[C@](C)(CO)CCC. The molecule has 0 aromatic rings. The van der Waals surface area contributed by atoms with Gasteiger partial charge in [0.15, 0.2) is 0 Å². The molecule has 0 heterocycles. The summed E-state index contributed by atoms with van der Waals surface area (Å²) in [5, 5.41) is 9.45. The highest BCUT2D eigenvalue weighted by atomic mass is 16.6. The van der Waals surface area contributed by atoms with Crippen LogP contribution >= 0.6 is 0 Å². The van der Waals surface area contributed by atoms with E-state index in [1.54, 1.807) is 4.90 Å². The van der Waals surface area contributed by atoms with Gasteiger partial charge in [-0.15, -0.1) is 0 Å². The van der Waals surface area contributed by atoms with Gasteiger partial charge in [0.1, 0.15) is 6.61 Å². The van der Waals surface area contributed by atoms with Gasteiger partial charge in [-0.1, -0.05) is 47.0 Å². The van der Waals surface area contributed by atoms with Crippen molar-refractivity contribution in [3.63, 3.8) is 0 Å². The van der Waals surface area contributed by atoms with E-state index in [0.717, 1.165) is 51.6 Å². The first-order chi connectivity index (χ1) is 9.52. The minimum Gasteiger partial charge on any atom is -0.449 e. The smallest absolute Gasteiger partial charge is 0.409 e. The van der Waals surface area contributed by atoms with Crippen molar-refractivity contribution < 1.29 is 14.6 Å². The number of unbranched alkanes of at least 4 members (excludes halogenated alkanes) is 2. The summed E-state index contributed by atoms with van der Waals surface area (Å²) < 4.78 is 5.43. The van der Waals surface area contributed by atoms with Crippen molar-refractivity contribution in [2.75, 3.05) is 26.3 Å². The van der Waals surface area contributed by atoms with Gasteiger partial charge in [-0.05, 0) is 19.3 Å². The van der Waals surface area contributed by atoms with Crippen molar-refractivity contribution >= 4 is 6.09 Å². The van der Waals surface area contributed by atoms with Gasteiger partial charge in [-0.25, -0.2) is 4.79 Å². The van der Waals surface area contributed by atoms with Crippen LogP contribution < -0.4 is 0 Å². The summed E-state index contributed by atoms with van der Waals surface area (Å²) >= 11 is 0. The summed E-state index contributed by atoms with van der Waals surface area (Å²) in [5.41, 5.74) is -0.314. The Morgan fingerprint density at radius 2 is 1.65 bits per heavy atom. The van der Waals surface area contributed by atoms with E-state index >= 15 is 0 Å². The summed E-state index contributed by atoms with van der Waals surface area (Å²) in [5.74, 6) is 0. The first-order valence-electron chi connectivity index (χ1n) is 8.05. The summed E-state index contributed by atoms with van der Waals surface area (Å²) in [7, 11) is 0. The molecule has 0 bridgehead atoms. The number of aliphatic hydroxyl groups excluding tert-OH is 1.